The third-order valence-electron chi connectivity index (χ3n) is 4.26. The third kappa shape index (κ3) is 3.40. The lowest BCUT2D eigenvalue weighted by molar-refractivity contribution is -0.384. The number of carbonyl (C=O) groups is 1. The Labute approximate surface area is 124 Å². The topological polar surface area (TPSA) is 63.4 Å². The molecular formula is C16H20N2O3. The standard InChI is InChI=1S/C16H20N2O3/c1-11(19)15-8-14(18(20)21)6-7-16(15)17(9-12-2-3-12)10-13-4-5-13/h6-8,12-13H,2-5,9-10H2,1H3. The van der Waals surface area contributed by atoms with Crippen LogP contribution in [-0.2, 0) is 0 Å². The zero-order valence-electron chi connectivity index (χ0n) is 12.2. The van der Waals surface area contributed by atoms with Crippen molar-refractivity contribution in [1.29, 1.82) is 0 Å². The molecule has 2 aliphatic carbocycles. The van der Waals surface area contributed by atoms with E-state index >= 15 is 0 Å². The summed E-state index contributed by atoms with van der Waals surface area (Å²) in [5, 5.41) is 10.9. The molecule has 0 aliphatic heterocycles. The Morgan fingerprint density at radius 1 is 1.24 bits per heavy atom. The van der Waals surface area contributed by atoms with Gasteiger partial charge in [0.05, 0.1) is 4.92 Å². The molecule has 0 saturated heterocycles. The maximum Gasteiger partial charge on any atom is 0.270 e. The fraction of sp³-hybridized carbons (Fsp3) is 0.562. The number of ketones is 1. The Kier molecular flexibility index (Phi) is 3.66. The van der Waals surface area contributed by atoms with E-state index in [0.717, 1.165) is 30.6 Å². The highest BCUT2D eigenvalue weighted by Crippen LogP contribution is 2.37. The number of non-ortho nitro benzene ring substituents is 1. The third-order valence-corrected chi connectivity index (χ3v) is 4.26. The molecule has 1 aromatic rings. The molecule has 0 heterocycles. The smallest absolute Gasteiger partial charge is 0.270 e. The Bertz CT molecular complexity index is 563. The van der Waals surface area contributed by atoms with E-state index in [1.165, 1.54) is 44.7 Å². The van der Waals surface area contributed by atoms with Crippen molar-refractivity contribution >= 4 is 17.2 Å². The molecule has 0 amide bonds. The minimum atomic E-state index is -0.442. The first kappa shape index (κ1) is 14.0. The van der Waals surface area contributed by atoms with E-state index in [0.29, 0.717) is 5.56 Å². The summed E-state index contributed by atoms with van der Waals surface area (Å²) in [5.74, 6) is 1.34. The van der Waals surface area contributed by atoms with Crippen molar-refractivity contribution in [2.75, 3.05) is 18.0 Å². The largest absolute Gasteiger partial charge is 0.370 e. The molecule has 0 radical (unpaired) electrons. The second kappa shape index (κ2) is 5.47. The van der Waals surface area contributed by atoms with Gasteiger partial charge in [0.25, 0.3) is 5.69 Å². The molecule has 1 aromatic carbocycles. The van der Waals surface area contributed by atoms with Gasteiger partial charge in [0.1, 0.15) is 0 Å². The number of anilines is 1. The normalized spacial score (nSPS) is 17.6. The van der Waals surface area contributed by atoms with E-state index in [4.69, 9.17) is 0 Å². The van der Waals surface area contributed by atoms with Crippen molar-refractivity contribution in [1.82, 2.24) is 0 Å². The molecule has 2 aliphatic rings. The molecule has 5 heteroatoms. The van der Waals surface area contributed by atoms with Crippen molar-refractivity contribution in [3.8, 4) is 0 Å². The van der Waals surface area contributed by atoms with E-state index in [1.807, 2.05) is 0 Å². The Morgan fingerprint density at radius 2 is 1.81 bits per heavy atom. The Balaban J connectivity index is 1.91. The van der Waals surface area contributed by atoms with Crippen LogP contribution in [0.3, 0.4) is 0 Å². The molecule has 0 bridgehead atoms. The summed E-state index contributed by atoms with van der Waals surface area (Å²) in [6.45, 7) is 3.41. The van der Waals surface area contributed by atoms with Gasteiger partial charge in [0.2, 0.25) is 0 Å². The quantitative estimate of drug-likeness (QED) is 0.438. The van der Waals surface area contributed by atoms with Gasteiger partial charge in [-0.2, -0.15) is 0 Å². The highest BCUT2D eigenvalue weighted by Gasteiger charge is 2.31. The Hall–Kier alpha value is -1.91. The van der Waals surface area contributed by atoms with Gasteiger partial charge in [-0.05, 0) is 50.5 Å². The van der Waals surface area contributed by atoms with Crippen LogP contribution in [0.25, 0.3) is 0 Å². The first-order valence-electron chi connectivity index (χ1n) is 7.59. The highest BCUT2D eigenvalue weighted by atomic mass is 16.6. The number of nitro groups is 1. The molecule has 2 saturated carbocycles. The van der Waals surface area contributed by atoms with Gasteiger partial charge in [-0.1, -0.05) is 0 Å². The minimum Gasteiger partial charge on any atom is -0.370 e. The monoisotopic (exact) mass is 288 g/mol. The summed E-state index contributed by atoms with van der Waals surface area (Å²) in [6, 6.07) is 4.68. The van der Waals surface area contributed by atoms with Crippen molar-refractivity contribution in [2.45, 2.75) is 32.6 Å². The van der Waals surface area contributed by atoms with Gasteiger partial charge >= 0.3 is 0 Å². The molecule has 21 heavy (non-hydrogen) atoms. The van der Waals surface area contributed by atoms with Crippen molar-refractivity contribution < 1.29 is 9.72 Å². The lowest BCUT2D eigenvalue weighted by Gasteiger charge is -2.26. The van der Waals surface area contributed by atoms with E-state index in [9.17, 15) is 14.9 Å². The second-order valence-corrected chi connectivity index (χ2v) is 6.31. The minimum absolute atomic E-state index is 0.0123. The lowest BCUT2D eigenvalue weighted by atomic mass is 10.1. The zero-order chi connectivity index (χ0) is 15.0. The average molecular weight is 288 g/mol. The van der Waals surface area contributed by atoms with Crippen molar-refractivity contribution in [3.63, 3.8) is 0 Å². The first-order chi connectivity index (χ1) is 10.0. The average Bonchev–Trinajstić information content (AvgIpc) is 3.32. The number of hydrogen-bond acceptors (Lipinski definition) is 4. The number of benzene rings is 1. The van der Waals surface area contributed by atoms with Crippen molar-refractivity contribution in [3.05, 3.63) is 33.9 Å². The first-order valence-corrected chi connectivity index (χ1v) is 7.59. The molecule has 0 atom stereocenters. The number of nitro benzene ring substituents is 1. The van der Waals surface area contributed by atoms with Crippen LogP contribution in [0.2, 0.25) is 0 Å². The zero-order valence-corrected chi connectivity index (χ0v) is 12.2. The molecule has 112 valence electrons. The number of carbonyl (C=O) groups excluding carboxylic acids is 1. The summed E-state index contributed by atoms with van der Waals surface area (Å²) in [7, 11) is 0. The molecule has 2 fully saturated rings. The molecule has 0 spiro atoms. The van der Waals surface area contributed by atoms with Crippen LogP contribution >= 0.6 is 0 Å². The fourth-order valence-corrected chi connectivity index (χ4v) is 2.69. The van der Waals surface area contributed by atoms with Gasteiger partial charge in [0.15, 0.2) is 5.78 Å². The predicted molar refractivity (Wildman–Crippen MR) is 80.8 cm³/mol. The van der Waals surface area contributed by atoms with Gasteiger partial charge in [0, 0.05) is 36.5 Å². The fourth-order valence-electron chi connectivity index (χ4n) is 2.69. The number of Topliss-reactive ketones (excluding diaryl/α,β-unsaturated/α-hetero) is 1. The maximum atomic E-state index is 11.9. The Morgan fingerprint density at radius 3 is 2.24 bits per heavy atom. The van der Waals surface area contributed by atoms with Crippen LogP contribution in [0.15, 0.2) is 18.2 Å². The summed E-state index contributed by atoms with van der Waals surface area (Å²) < 4.78 is 0. The lowest BCUT2D eigenvalue weighted by Crippen LogP contribution is -2.29. The molecule has 0 N–H and O–H groups in total. The number of nitrogens with zero attached hydrogens (tertiary/aromatic N) is 2. The summed E-state index contributed by atoms with van der Waals surface area (Å²) in [5.41, 5.74) is 1.33. The van der Waals surface area contributed by atoms with Gasteiger partial charge in [-0.3, -0.25) is 14.9 Å². The van der Waals surface area contributed by atoms with Crippen LogP contribution in [0.1, 0.15) is 43.0 Å². The maximum absolute atomic E-state index is 11.9. The van der Waals surface area contributed by atoms with E-state index in [-0.39, 0.29) is 11.5 Å². The van der Waals surface area contributed by atoms with Gasteiger partial charge in [-0.15, -0.1) is 0 Å². The molecule has 0 aromatic heterocycles. The number of hydrogen-bond donors (Lipinski definition) is 0. The second-order valence-electron chi connectivity index (χ2n) is 6.31. The van der Waals surface area contributed by atoms with Crippen LogP contribution in [0.4, 0.5) is 11.4 Å². The SMILES string of the molecule is CC(=O)c1cc([N+](=O)[O-])ccc1N(CC1CC1)CC1CC1. The van der Waals surface area contributed by atoms with Crippen LogP contribution < -0.4 is 4.90 Å². The van der Waals surface area contributed by atoms with E-state index in [1.54, 1.807) is 6.07 Å². The summed E-state index contributed by atoms with van der Waals surface area (Å²) in [4.78, 5) is 24.6. The summed E-state index contributed by atoms with van der Waals surface area (Å²) >= 11 is 0. The highest BCUT2D eigenvalue weighted by molar-refractivity contribution is 6.00. The molecule has 0 unspecified atom stereocenters. The van der Waals surface area contributed by atoms with Gasteiger partial charge in [-0.25, -0.2) is 0 Å². The van der Waals surface area contributed by atoms with Crippen molar-refractivity contribution in [2.24, 2.45) is 11.8 Å². The van der Waals surface area contributed by atoms with Gasteiger partial charge < -0.3 is 4.90 Å². The van der Waals surface area contributed by atoms with Crippen LogP contribution in [0, 0.1) is 22.0 Å². The summed E-state index contributed by atoms with van der Waals surface area (Å²) in [6.07, 6.45) is 5.01. The predicted octanol–water partition coefficient (Wildman–Crippen LogP) is 3.42. The molecular weight excluding hydrogens is 268 g/mol. The van der Waals surface area contributed by atoms with E-state index in [2.05, 4.69) is 4.90 Å². The van der Waals surface area contributed by atoms with Crippen LogP contribution in [-0.4, -0.2) is 23.8 Å². The van der Waals surface area contributed by atoms with E-state index < -0.39 is 4.92 Å². The van der Waals surface area contributed by atoms with Crippen LogP contribution in [0.5, 0.6) is 0 Å². The number of rotatable bonds is 7. The molecule has 5 nitrogen and oxygen atoms in total. The molecule has 3 rings (SSSR count).